The van der Waals surface area contributed by atoms with E-state index >= 15 is 0 Å². The van der Waals surface area contributed by atoms with Crippen LogP contribution in [0.4, 0.5) is 8.78 Å². The Morgan fingerprint density at radius 2 is 2.05 bits per heavy atom. The number of nitrogens with two attached hydrogens (primary N) is 1. The molecule has 0 radical (unpaired) electrons. The van der Waals surface area contributed by atoms with Gasteiger partial charge in [0.25, 0.3) is 0 Å². The number of nitrogens with zero attached hydrogens (tertiary/aromatic N) is 1. The summed E-state index contributed by atoms with van der Waals surface area (Å²) in [7, 11) is 1.58. The van der Waals surface area contributed by atoms with Gasteiger partial charge in [-0.1, -0.05) is 6.92 Å². The lowest BCUT2D eigenvalue weighted by molar-refractivity contribution is -0.141. The van der Waals surface area contributed by atoms with E-state index in [1.165, 1.54) is 4.90 Å². The Kier molecular flexibility index (Phi) is 5.22. The predicted octanol–water partition coefficient (Wildman–Crippen LogP) is 2.86. The van der Waals surface area contributed by atoms with Crippen molar-refractivity contribution in [2.75, 3.05) is 13.6 Å². The average Bonchev–Trinajstić information content (AvgIpc) is 2.46. The molecule has 0 saturated carbocycles. The van der Waals surface area contributed by atoms with Crippen molar-refractivity contribution < 1.29 is 13.6 Å². The third-order valence-corrected chi connectivity index (χ3v) is 4.06. The molecule has 0 heterocycles. The predicted molar refractivity (Wildman–Crippen MR) is 75.0 cm³/mol. The highest BCUT2D eigenvalue weighted by molar-refractivity contribution is 5.82. The van der Waals surface area contributed by atoms with Gasteiger partial charge >= 0.3 is 0 Å². The molecular weight excluding hydrogens is 262 g/mol. The minimum Gasteiger partial charge on any atom is -0.338 e. The summed E-state index contributed by atoms with van der Waals surface area (Å²) in [6.45, 7) is 5.54. The Morgan fingerprint density at radius 3 is 2.55 bits per heavy atom. The van der Waals surface area contributed by atoms with Gasteiger partial charge in [0.1, 0.15) is 11.6 Å². The summed E-state index contributed by atoms with van der Waals surface area (Å²) in [6, 6.07) is 2.69. The lowest BCUT2D eigenvalue weighted by Crippen LogP contribution is -2.45. The third-order valence-electron chi connectivity index (χ3n) is 4.06. The minimum atomic E-state index is -0.688. The first-order chi connectivity index (χ1) is 9.26. The molecule has 0 fully saturated rings. The zero-order valence-corrected chi connectivity index (χ0v) is 12.4. The highest BCUT2D eigenvalue weighted by atomic mass is 19.1. The first kappa shape index (κ1) is 16.6. The van der Waals surface area contributed by atoms with Crippen molar-refractivity contribution in [3.05, 3.63) is 35.4 Å². The van der Waals surface area contributed by atoms with Gasteiger partial charge in [0.2, 0.25) is 5.91 Å². The molecule has 0 spiro atoms. The van der Waals surface area contributed by atoms with Crippen molar-refractivity contribution in [2.24, 2.45) is 11.1 Å². The molecule has 2 atom stereocenters. The topological polar surface area (TPSA) is 46.3 Å². The second-order valence-corrected chi connectivity index (χ2v) is 5.38. The minimum absolute atomic E-state index is 0.163. The SMILES string of the molecule is CCC(C)(CN)C(=O)N(C)C(C)c1cc(F)ccc1F. The Hall–Kier alpha value is -1.49. The maximum atomic E-state index is 13.8. The van der Waals surface area contributed by atoms with Crippen LogP contribution in [-0.4, -0.2) is 24.4 Å². The Bertz CT molecular complexity index is 487. The van der Waals surface area contributed by atoms with Crippen molar-refractivity contribution in [1.82, 2.24) is 4.90 Å². The van der Waals surface area contributed by atoms with Crippen LogP contribution in [0.25, 0.3) is 0 Å². The van der Waals surface area contributed by atoms with E-state index in [4.69, 9.17) is 5.73 Å². The summed E-state index contributed by atoms with van der Waals surface area (Å²) in [6.07, 6.45) is 0.588. The van der Waals surface area contributed by atoms with E-state index in [-0.39, 0.29) is 18.0 Å². The van der Waals surface area contributed by atoms with Crippen LogP contribution in [0.1, 0.15) is 38.8 Å². The zero-order valence-electron chi connectivity index (χ0n) is 12.4. The standard InChI is InChI=1S/C15H22F2N2O/c1-5-15(3,9-18)14(20)19(4)10(2)12-8-11(16)6-7-13(12)17/h6-8,10H,5,9,18H2,1-4H3. The first-order valence-electron chi connectivity index (χ1n) is 6.69. The largest absolute Gasteiger partial charge is 0.338 e. The molecule has 1 aromatic rings. The summed E-state index contributed by atoms with van der Waals surface area (Å²) >= 11 is 0. The number of halogens is 2. The van der Waals surface area contributed by atoms with Gasteiger partial charge in [-0.15, -0.1) is 0 Å². The monoisotopic (exact) mass is 284 g/mol. The van der Waals surface area contributed by atoms with Gasteiger partial charge in [0, 0.05) is 19.2 Å². The molecule has 5 heteroatoms. The zero-order chi connectivity index (χ0) is 15.5. The van der Waals surface area contributed by atoms with Crippen LogP contribution in [-0.2, 0) is 4.79 Å². The van der Waals surface area contributed by atoms with Gasteiger partial charge in [-0.3, -0.25) is 4.79 Å². The highest BCUT2D eigenvalue weighted by Crippen LogP contribution is 2.29. The molecule has 0 bridgehead atoms. The van der Waals surface area contributed by atoms with E-state index in [0.717, 1.165) is 18.2 Å². The number of carbonyl (C=O) groups excluding carboxylic acids is 1. The van der Waals surface area contributed by atoms with Gasteiger partial charge < -0.3 is 10.6 Å². The van der Waals surface area contributed by atoms with Crippen molar-refractivity contribution in [1.29, 1.82) is 0 Å². The molecule has 0 saturated heterocycles. The number of amides is 1. The summed E-state index contributed by atoms with van der Waals surface area (Å²) in [4.78, 5) is 13.9. The molecule has 0 aliphatic heterocycles. The van der Waals surface area contributed by atoms with Crippen molar-refractivity contribution in [3.8, 4) is 0 Å². The van der Waals surface area contributed by atoms with Gasteiger partial charge in [-0.25, -0.2) is 8.78 Å². The summed E-state index contributed by atoms with van der Waals surface area (Å²) in [5.74, 6) is -1.21. The molecular formula is C15H22F2N2O. The fourth-order valence-electron chi connectivity index (χ4n) is 2.03. The van der Waals surface area contributed by atoms with Crippen LogP contribution < -0.4 is 5.73 Å². The fourth-order valence-corrected chi connectivity index (χ4v) is 2.03. The Balaban J connectivity index is 3.05. The number of carbonyl (C=O) groups is 1. The number of hydrogen-bond acceptors (Lipinski definition) is 2. The highest BCUT2D eigenvalue weighted by Gasteiger charge is 2.34. The van der Waals surface area contributed by atoms with E-state index in [1.807, 2.05) is 6.92 Å². The second-order valence-electron chi connectivity index (χ2n) is 5.38. The summed E-state index contributed by atoms with van der Waals surface area (Å²) in [5.41, 5.74) is 5.14. The Labute approximate surface area is 118 Å². The number of hydrogen-bond donors (Lipinski definition) is 1. The molecule has 2 N–H and O–H groups in total. The van der Waals surface area contributed by atoms with E-state index < -0.39 is 23.1 Å². The molecule has 1 aromatic carbocycles. The van der Waals surface area contributed by atoms with Gasteiger partial charge in [0.05, 0.1) is 11.5 Å². The molecule has 1 amide bonds. The van der Waals surface area contributed by atoms with E-state index in [9.17, 15) is 13.6 Å². The van der Waals surface area contributed by atoms with Crippen LogP contribution >= 0.6 is 0 Å². The van der Waals surface area contributed by atoms with Crippen molar-refractivity contribution in [3.63, 3.8) is 0 Å². The maximum absolute atomic E-state index is 13.8. The molecule has 112 valence electrons. The molecule has 2 unspecified atom stereocenters. The van der Waals surface area contributed by atoms with Crippen molar-refractivity contribution in [2.45, 2.75) is 33.2 Å². The summed E-state index contributed by atoms with van der Waals surface area (Å²) < 4.78 is 27.0. The second kappa shape index (κ2) is 6.31. The molecule has 0 aliphatic rings. The number of rotatable bonds is 5. The van der Waals surface area contributed by atoms with Crippen LogP contribution in [0.3, 0.4) is 0 Å². The molecule has 0 aromatic heterocycles. The van der Waals surface area contributed by atoms with Gasteiger partial charge in [-0.2, -0.15) is 0 Å². The van der Waals surface area contributed by atoms with Crippen molar-refractivity contribution >= 4 is 5.91 Å². The first-order valence-corrected chi connectivity index (χ1v) is 6.69. The van der Waals surface area contributed by atoms with E-state index in [1.54, 1.807) is 20.9 Å². The van der Waals surface area contributed by atoms with Crippen LogP contribution in [0.5, 0.6) is 0 Å². The fraction of sp³-hybridized carbons (Fsp3) is 0.533. The third kappa shape index (κ3) is 3.15. The van der Waals surface area contributed by atoms with E-state index in [0.29, 0.717) is 6.42 Å². The summed E-state index contributed by atoms with van der Waals surface area (Å²) in [5, 5.41) is 0. The quantitative estimate of drug-likeness (QED) is 0.903. The normalized spacial score (nSPS) is 15.6. The van der Waals surface area contributed by atoms with Crippen LogP contribution in [0.2, 0.25) is 0 Å². The average molecular weight is 284 g/mol. The Morgan fingerprint density at radius 1 is 1.45 bits per heavy atom. The molecule has 20 heavy (non-hydrogen) atoms. The van der Waals surface area contributed by atoms with Crippen LogP contribution in [0, 0.1) is 17.0 Å². The maximum Gasteiger partial charge on any atom is 0.230 e. The molecule has 3 nitrogen and oxygen atoms in total. The smallest absolute Gasteiger partial charge is 0.230 e. The molecule has 0 aliphatic carbocycles. The lowest BCUT2D eigenvalue weighted by Gasteiger charge is -2.34. The molecule has 1 rings (SSSR count). The van der Waals surface area contributed by atoms with E-state index in [2.05, 4.69) is 0 Å². The number of benzene rings is 1. The lowest BCUT2D eigenvalue weighted by atomic mass is 9.85. The van der Waals surface area contributed by atoms with Gasteiger partial charge in [-0.05, 0) is 38.5 Å². The van der Waals surface area contributed by atoms with Crippen LogP contribution in [0.15, 0.2) is 18.2 Å². The van der Waals surface area contributed by atoms with Gasteiger partial charge in [0.15, 0.2) is 0 Å².